The molecule has 1 aliphatic rings. The Bertz CT molecular complexity index is 1210. The summed E-state index contributed by atoms with van der Waals surface area (Å²) >= 11 is 0. The molecule has 0 saturated carbocycles. The molecule has 0 unspecified atom stereocenters. The van der Waals surface area contributed by atoms with Gasteiger partial charge in [0.25, 0.3) is 5.91 Å². The Kier molecular flexibility index (Phi) is 7.71. The third kappa shape index (κ3) is 6.10. The van der Waals surface area contributed by atoms with Crippen molar-refractivity contribution in [3.05, 3.63) is 83.9 Å². The summed E-state index contributed by atoms with van der Waals surface area (Å²) in [4.78, 5) is 27.4. The predicted octanol–water partition coefficient (Wildman–Crippen LogP) is 5.28. The van der Waals surface area contributed by atoms with E-state index < -0.39 is 35.3 Å². The molecule has 0 spiro atoms. The monoisotopic (exact) mass is 497 g/mol. The van der Waals surface area contributed by atoms with Crippen molar-refractivity contribution in [3.63, 3.8) is 0 Å². The summed E-state index contributed by atoms with van der Waals surface area (Å²) in [6, 6.07) is 19.1. The molecule has 2 N–H and O–H groups in total. The summed E-state index contributed by atoms with van der Waals surface area (Å²) in [5, 5.41) is 5.07. The Morgan fingerprint density at radius 3 is 2.17 bits per heavy atom. The van der Waals surface area contributed by atoms with E-state index in [0.29, 0.717) is 32.0 Å². The van der Waals surface area contributed by atoms with Crippen molar-refractivity contribution < 1.29 is 27.5 Å². The molecule has 1 atom stereocenters. The minimum atomic E-state index is -4.70. The van der Waals surface area contributed by atoms with Crippen molar-refractivity contribution in [1.29, 1.82) is 0 Å². The van der Waals surface area contributed by atoms with Crippen molar-refractivity contribution in [2.45, 2.75) is 19.1 Å². The first-order chi connectivity index (χ1) is 17.2. The number of ether oxygens (including phenoxy) is 1. The molecule has 36 heavy (non-hydrogen) atoms. The largest absolute Gasteiger partial charge is 0.418 e. The number of hydrogen-bond donors (Lipinski definition) is 2. The van der Waals surface area contributed by atoms with E-state index >= 15 is 0 Å². The molecule has 3 aromatic rings. The minimum Gasteiger partial charge on any atom is -0.379 e. The van der Waals surface area contributed by atoms with Crippen LogP contribution in [0.15, 0.2) is 72.8 Å². The average Bonchev–Trinajstić information content (AvgIpc) is 2.89. The smallest absolute Gasteiger partial charge is 0.379 e. The van der Waals surface area contributed by atoms with Gasteiger partial charge in [-0.25, -0.2) is 0 Å². The van der Waals surface area contributed by atoms with Crippen LogP contribution in [0.25, 0.3) is 11.1 Å². The predicted molar refractivity (Wildman–Crippen MR) is 132 cm³/mol. The van der Waals surface area contributed by atoms with Gasteiger partial charge in [0.1, 0.15) is 0 Å². The Morgan fingerprint density at radius 1 is 0.889 bits per heavy atom. The van der Waals surface area contributed by atoms with Crippen molar-refractivity contribution >= 4 is 23.2 Å². The van der Waals surface area contributed by atoms with Crippen LogP contribution in [0.4, 0.5) is 24.5 Å². The number of rotatable bonds is 6. The zero-order valence-electron chi connectivity index (χ0n) is 19.6. The maximum atomic E-state index is 13.6. The summed E-state index contributed by atoms with van der Waals surface area (Å²) in [5.74, 6) is -1.18. The first-order valence-corrected chi connectivity index (χ1v) is 11.5. The number of carbonyl (C=O) groups excluding carboxylic acids is 2. The van der Waals surface area contributed by atoms with Crippen molar-refractivity contribution in [3.8, 4) is 11.1 Å². The molecule has 1 aliphatic heterocycles. The van der Waals surface area contributed by atoms with Gasteiger partial charge < -0.3 is 15.4 Å². The highest BCUT2D eigenvalue weighted by molar-refractivity contribution is 6.06. The number of benzene rings is 3. The third-order valence-electron chi connectivity index (χ3n) is 6.07. The zero-order valence-corrected chi connectivity index (χ0v) is 19.6. The van der Waals surface area contributed by atoms with Crippen LogP contribution in [0.5, 0.6) is 0 Å². The summed E-state index contributed by atoms with van der Waals surface area (Å²) < 4.78 is 46.2. The Morgan fingerprint density at radius 2 is 1.53 bits per heavy atom. The highest BCUT2D eigenvalue weighted by atomic mass is 19.4. The van der Waals surface area contributed by atoms with E-state index in [4.69, 9.17) is 4.74 Å². The number of alkyl halides is 3. The molecule has 6 nitrogen and oxygen atoms in total. The van der Waals surface area contributed by atoms with Gasteiger partial charge in [-0.3, -0.25) is 14.5 Å². The number of morpholine rings is 1. The fourth-order valence-corrected chi connectivity index (χ4v) is 3.98. The van der Waals surface area contributed by atoms with Crippen LogP contribution in [0.1, 0.15) is 22.8 Å². The zero-order chi connectivity index (χ0) is 25.7. The molecule has 1 fully saturated rings. The normalized spacial score (nSPS) is 15.2. The fourth-order valence-electron chi connectivity index (χ4n) is 3.98. The van der Waals surface area contributed by atoms with Crippen molar-refractivity contribution in [1.82, 2.24) is 4.90 Å². The van der Waals surface area contributed by atoms with Crippen LogP contribution in [0.2, 0.25) is 0 Å². The molecule has 2 amide bonds. The van der Waals surface area contributed by atoms with Gasteiger partial charge in [-0.15, -0.1) is 0 Å². The van der Waals surface area contributed by atoms with E-state index in [1.165, 1.54) is 0 Å². The summed E-state index contributed by atoms with van der Waals surface area (Å²) in [5.41, 5.74) is 0.983. The highest BCUT2D eigenvalue weighted by Crippen LogP contribution is 2.35. The number of nitrogens with one attached hydrogen (secondary N) is 2. The number of hydrogen-bond acceptors (Lipinski definition) is 4. The van der Waals surface area contributed by atoms with Crippen molar-refractivity contribution in [2.75, 3.05) is 36.9 Å². The van der Waals surface area contributed by atoms with E-state index in [1.807, 2.05) is 47.4 Å². The topological polar surface area (TPSA) is 70.7 Å². The lowest BCUT2D eigenvalue weighted by Gasteiger charge is -2.31. The fraction of sp³-hybridized carbons (Fsp3) is 0.259. The number of carbonyl (C=O) groups is 2. The van der Waals surface area contributed by atoms with Crippen LogP contribution in [-0.4, -0.2) is 49.1 Å². The van der Waals surface area contributed by atoms with E-state index in [1.54, 1.807) is 19.1 Å². The Balaban J connectivity index is 1.51. The van der Waals surface area contributed by atoms with Crippen LogP contribution in [0.3, 0.4) is 0 Å². The van der Waals surface area contributed by atoms with Crippen LogP contribution in [-0.2, 0) is 15.7 Å². The standard InChI is InChI=1S/C27H26F3N3O3/c1-18(33-13-15-36-16-14-33)25(34)32-24-17-21(9-12-23(24)27(28,29)30)26(35)31-22-10-7-20(8-11-22)19-5-3-2-4-6-19/h2-12,17-18H,13-16H2,1H3,(H,31,35)(H,32,34)/t18-/m1/s1. The molecule has 1 heterocycles. The molecule has 0 bridgehead atoms. The number of amides is 2. The Labute approximate surface area is 207 Å². The van der Waals surface area contributed by atoms with Crippen LogP contribution in [0, 0.1) is 0 Å². The second-order valence-electron chi connectivity index (χ2n) is 8.47. The van der Waals surface area contributed by atoms with Gasteiger partial charge in [0.2, 0.25) is 5.91 Å². The first-order valence-electron chi connectivity index (χ1n) is 11.5. The summed E-state index contributed by atoms with van der Waals surface area (Å²) in [6.45, 7) is 3.54. The van der Waals surface area contributed by atoms with E-state index in [0.717, 1.165) is 29.3 Å². The summed E-state index contributed by atoms with van der Waals surface area (Å²) in [6.07, 6.45) is -4.70. The number of anilines is 2. The van der Waals surface area contributed by atoms with Crippen LogP contribution < -0.4 is 10.6 Å². The van der Waals surface area contributed by atoms with E-state index in [-0.39, 0.29) is 5.56 Å². The van der Waals surface area contributed by atoms with Crippen LogP contribution >= 0.6 is 0 Å². The molecule has 0 aromatic heterocycles. The molecule has 188 valence electrons. The van der Waals surface area contributed by atoms with E-state index in [9.17, 15) is 22.8 Å². The number of halogens is 3. The molecular formula is C27H26F3N3O3. The van der Waals surface area contributed by atoms with Gasteiger partial charge >= 0.3 is 6.18 Å². The van der Waals surface area contributed by atoms with E-state index in [2.05, 4.69) is 10.6 Å². The average molecular weight is 498 g/mol. The lowest BCUT2D eigenvalue weighted by molar-refractivity contribution is -0.137. The summed E-state index contributed by atoms with van der Waals surface area (Å²) in [7, 11) is 0. The van der Waals surface area contributed by atoms with Gasteiger partial charge in [0, 0.05) is 24.3 Å². The molecule has 1 saturated heterocycles. The van der Waals surface area contributed by atoms with Gasteiger partial charge in [0.15, 0.2) is 0 Å². The second-order valence-corrected chi connectivity index (χ2v) is 8.47. The maximum Gasteiger partial charge on any atom is 0.418 e. The number of nitrogens with zero attached hydrogens (tertiary/aromatic N) is 1. The minimum absolute atomic E-state index is 0.00976. The SMILES string of the molecule is C[C@H](C(=O)Nc1cc(C(=O)Nc2ccc(-c3ccccc3)cc2)ccc1C(F)(F)F)N1CCOCC1. The second kappa shape index (κ2) is 10.9. The lowest BCUT2D eigenvalue weighted by Crippen LogP contribution is -2.47. The van der Waals surface area contributed by atoms with Gasteiger partial charge in [0.05, 0.1) is 30.5 Å². The van der Waals surface area contributed by atoms with Crippen molar-refractivity contribution in [2.24, 2.45) is 0 Å². The van der Waals surface area contributed by atoms with Gasteiger partial charge in [-0.1, -0.05) is 42.5 Å². The first kappa shape index (κ1) is 25.4. The highest BCUT2D eigenvalue weighted by Gasteiger charge is 2.35. The molecule has 0 radical (unpaired) electrons. The quantitative estimate of drug-likeness (QED) is 0.486. The van der Waals surface area contributed by atoms with Gasteiger partial charge in [-0.2, -0.15) is 13.2 Å². The molecule has 3 aromatic carbocycles. The Hall–Kier alpha value is -3.69. The lowest BCUT2D eigenvalue weighted by atomic mass is 10.1. The molecule has 4 rings (SSSR count). The van der Waals surface area contributed by atoms with Gasteiger partial charge in [-0.05, 0) is 48.4 Å². The third-order valence-corrected chi connectivity index (χ3v) is 6.07. The molecule has 9 heteroatoms. The molecular weight excluding hydrogens is 471 g/mol. The molecule has 0 aliphatic carbocycles. The maximum absolute atomic E-state index is 13.6.